The number of benzene rings is 1. The van der Waals surface area contributed by atoms with Crippen molar-refractivity contribution in [2.45, 2.75) is 19.8 Å². The molecule has 1 aromatic heterocycles. The molecule has 2 aromatic rings. The highest BCUT2D eigenvalue weighted by Gasteiger charge is 2.19. The van der Waals surface area contributed by atoms with E-state index in [2.05, 4.69) is 26.1 Å². The second kappa shape index (κ2) is 4.97. The molecule has 0 aliphatic rings. The molecule has 6 heteroatoms. The van der Waals surface area contributed by atoms with Gasteiger partial charge in [0.25, 0.3) is 0 Å². The van der Waals surface area contributed by atoms with E-state index in [0.29, 0.717) is 15.9 Å². The van der Waals surface area contributed by atoms with Gasteiger partial charge in [0.05, 0.1) is 10.4 Å². The zero-order chi connectivity index (χ0) is 13.3. The lowest BCUT2D eigenvalue weighted by Gasteiger charge is -1.98. The molecule has 0 saturated carbocycles. The molecular weight excluding hydrogens is 303 g/mol. The number of hydrogen-bond acceptors (Lipinski definition) is 4. The number of halogens is 2. The van der Waals surface area contributed by atoms with Gasteiger partial charge in [0.1, 0.15) is 11.6 Å². The molecule has 1 aromatic carbocycles. The second-order valence-corrected chi connectivity index (χ2v) is 4.77. The quantitative estimate of drug-likeness (QED) is 0.872. The molecule has 1 heterocycles. The van der Waals surface area contributed by atoms with Gasteiger partial charge >= 0.3 is 0 Å². The normalized spacial score (nSPS) is 12.4. The summed E-state index contributed by atoms with van der Waals surface area (Å²) in [6.45, 7) is 3.16. The van der Waals surface area contributed by atoms with Gasteiger partial charge in [-0.1, -0.05) is 5.16 Å². The lowest BCUT2D eigenvalue weighted by atomic mass is 10.1. The highest BCUT2D eigenvalue weighted by molar-refractivity contribution is 9.10. The van der Waals surface area contributed by atoms with E-state index in [-0.39, 0.29) is 17.5 Å². The molecule has 2 rings (SSSR count). The van der Waals surface area contributed by atoms with E-state index in [1.807, 2.05) is 0 Å². The van der Waals surface area contributed by atoms with Crippen LogP contribution >= 0.6 is 15.9 Å². The van der Waals surface area contributed by atoms with E-state index in [4.69, 9.17) is 4.52 Å². The van der Waals surface area contributed by atoms with Gasteiger partial charge in [-0.15, -0.1) is 0 Å². The Morgan fingerprint density at radius 1 is 1.50 bits per heavy atom. The number of nitrogens with zero attached hydrogens (tertiary/aromatic N) is 2. The van der Waals surface area contributed by atoms with Gasteiger partial charge in [-0.2, -0.15) is 4.98 Å². The fraction of sp³-hybridized carbons (Fsp3) is 0.250. The van der Waals surface area contributed by atoms with E-state index < -0.39 is 5.92 Å². The van der Waals surface area contributed by atoms with Gasteiger partial charge < -0.3 is 4.52 Å². The minimum absolute atomic E-state index is 0.0505. The van der Waals surface area contributed by atoms with Crippen LogP contribution in [0.3, 0.4) is 0 Å². The Hall–Kier alpha value is -1.56. The highest BCUT2D eigenvalue weighted by atomic mass is 79.9. The molecule has 1 unspecified atom stereocenters. The van der Waals surface area contributed by atoms with E-state index in [9.17, 15) is 9.18 Å². The molecule has 0 aliphatic carbocycles. The third-order valence-corrected chi connectivity index (χ3v) is 3.21. The molecule has 94 valence electrons. The van der Waals surface area contributed by atoms with Gasteiger partial charge in [0.2, 0.25) is 11.7 Å². The average molecular weight is 313 g/mol. The fourth-order valence-electron chi connectivity index (χ4n) is 1.34. The average Bonchev–Trinajstić information content (AvgIpc) is 2.81. The maximum atomic E-state index is 13.1. The molecular formula is C12H10BrFN2O2. The first-order valence-corrected chi connectivity index (χ1v) is 6.08. The first-order valence-electron chi connectivity index (χ1n) is 5.28. The summed E-state index contributed by atoms with van der Waals surface area (Å²) in [6.07, 6.45) is 0. The summed E-state index contributed by atoms with van der Waals surface area (Å²) in [5, 5.41) is 3.78. The minimum atomic E-state index is -0.435. The summed E-state index contributed by atoms with van der Waals surface area (Å²) in [5.41, 5.74) is 0.619. The molecule has 0 fully saturated rings. The maximum Gasteiger partial charge on any atom is 0.237 e. The van der Waals surface area contributed by atoms with E-state index in [0.717, 1.165) is 0 Å². The van der Waals surface area contributed by atoms with Gasteiger partial charge in [0, 0.05) is 5.56 Å². The molecule has 0 spiro atoms. The Labute approximate surface area is 111 Å². The van der Waals surface area contributed by atoms with E-state index in [1.54, 1.807) is 19.1 Å². The number of rotatable bonds is 3. The first kappa shape index (κ1) is 12.9. The van der Waals surface area contributed by atoms with Crippen LogP contribution in [0.5, 0.6) is 0 Å². The van der Waals surface area contributed by atoms with Crippen molar-refractivity contribution in [2.24, 2.45) is 0 Å². The van der Waals surface area contributed by atoms with Crippen LogP contribution in [0.1, 0.15) is 25.7 Å². The van der Waals surface area contributed by atoms with Crippen LogP contribution in [0.25, 0.3) is 11.4 Å². The van der Waals surface area contributed by atoms with Crippen molar-refractivity contribution in [3.05, 3.63) is 34.4 Å². The third-order valence-electron chi connectivity index (χ3n) is 2.60. The maximum absolute atomic E-state index is 13.1. The summed E-state index contributed by atoms with van der Waals surface area (Å²) in [4.78, 5) is 15.3. The van der Waals surface area contributed by atoms with E-state index in [1.165, 1.54) is 13.0 Å². The first-order chi connectivity index (χ1) is 8.49. The number of Topliss-reactive ketones (excluding diaryl/α,β-unsaturated/α-hetero) is 1. The molecule has 4 nitrogen and oxygen atoms in total. The zero-order valence-electron chi connectivity index (χ0n) is 9.78. The largest absolute Gasteiger partial charge is 0.338 e. The van der Waals surface area contributed by atoms with Crippen LogP contribution in [-0.4, -0.2) is 15.9 Å². The highest BCUT2D eigenvalue weighted by Crippen LogP contribution is 2.24. The zero-order valence-corrected chi connectivity index (χ0v) is 11.4. The minimum Gasteiger partial charge on any atom is -0.338 e. The van der Waals surface area contributed by atoms with Crippen LogP contribution in [0.2, 0.25) is 0 Å². The van der Waals surface area contributed by atoms with Crippen LogP contribution in [0.4, 0.5) is 4.39 Å². The molecule has 0 aliphatic heterocycles. The standard InChI is InChI=1S/C12H10BrFN2O2/c1-6(7(2)17)12-15-11(16-18-12)8-3-4-10(14)9(13)5-8/h3-6H,1-2H3. The Morgan fingerprint density at radius 3 is 2.83 bits per heavy atom. The number of carbonyl (C=O) groups is 1. The molecule has 0 N–H and O–H groups in total. The topological polar surface area (TPSA) is 56.0 Å². The molecule has 18 heavy (non-hydrogen) atoms. The van der Waals surface area contributed by atoms with Crippen molar-refractivity contribution in [3.8, 4) is 11.4 Å². The Balaban J connectivity index is 2.35. The fourth-order valence-corrected chi connectivity index (χ4v) is 1.72. The van der Waals surface area contributed by atoms with Crippen molar-refractivity contribution in [1.29, 1.82) is 0 Å². The van der Waals surface area contributed by atoms with Crippen molar-refractivity contribution in [3.63, 3.8) is 0 Å². The predicted molar refractivity (Wildman–Crippen MR) is 66.5 cm³/mol. The molecule has 0 bridgehead atoms. The van der Waals surface area contributed by atoms with Gasteiger partial charge in [-0.05, 0) is 48.0 Å². The van der Waals surface area contributed by atoms with Gasteiger partial charge in [-0.25, -0.2) is 4.39 Å². The molecule has 0 saturated heterocycles. The predicted octanol–water partition coefficient (Wildman–Crippen LogP) is 3.33. The van der Waals surface area contributed by atoms with Crippen molar-refractivity contribution in [1.82, 2.24) is 10.1 Å². The SMILES string of the molecule is CC(=O)C(C)c1nc(-c2ccc(F)c(Br)c2)no1. The summed E-state index contributed by atoms with van der Waals surface area (Å²) in [6, 6.07) is 4.42. The Morgan fingerprint density at radius 2 is 2.22 bits per heavy atom. The lowest BCUT2D eigenvalue weighted by molar-refractivity contribution is -0.118. The molecule has 0 amide bonds. The molecule has 1 atom stereocenters. The van der Waals surface area contributed by atoms with Crippen LogP contribution in [0, 0.1) is 5.82 Å². The Bertz CT molecular complexity index is 598. The van der Waals surface area contributed by atoms with Crippen molar-refractivity contribution < 1.29 is 13.7 Å². The number of aromatic nitrogens is 2. The summed E-state index contributed by atoms with van der Waals surface area (Å²) < 4.78 is 18.4. The van der Waals surface area contributed by atoms with Gasteiger partial charge in [-0.3, -0.25) is 4.79 Å². The second-order valence-electron chi connectivity index (χ2n) is 3.92. The number of carbonyl (C=O) groups excluding carboxylic acids is 1. The third kappa shape index (κ3) is 2.48. The smallest absolute Gasteiger partial charge is 0.237 e. The Kier molecular flexibility index (Phi) is 3.56. The van der Waals surface area contributed by atoms with Crippen LogP contribution in [-0.2, 0) is 4.79 Å². The van der Waals surface area contributed by atoms with Crippen LogP contribution in [0.15, 0.2) is 27.2 Å². The lowest BCUT2D eigenvalue weighted by Crippen LogP contribution is -2.04. The van der Waals surface area contributed by atoms with E-state index >= 15 is 0 Å². The number of ketones is 1. The van der Waals surface area contributed by atoms with Gasteiger partial charge in [0.15, 0.2) is 0 Å². The summed E-state index contributed by atoms with van der Waals surface area (Å²) >= 11 is 3.09. The van der Waals surface area contributed by atoms with Crippen LogP contribution < -0.4 is 0 Å². The number of hydrogen-bond donors (Lipinski definition) is 0. The molecule has 0 radical (unpaired) electrons. The summed E-state index contributed by atoms with van der Waals surface area (Å²) in [7, 11) is 0. The summed E-state index contributed by atoms with van der Waals surface area (Å²) in [5.74, 6) is -0.253. The van der Waals surface area contributed by atoms with Crippen molar-refractivity contribution in [2.75, 3.05) is 0 Å². The monoisotopic (exact) mass is 312 g/mol. The van der Waals surface area contributed by atoms with Crippen molar-refractivity contribution >= 4 is 21.7 Å².